The fourth-order valence-corrected chi connectivity index (χ4v) is 5.28. The number of nitrogens with zero attached hydrogens (tertiary/aromatic N) is 3. The minimum atomic E-state index is -0.457. The molecule has 1 aliphatic rings. The quantitative estimate of drug-likeness (QED) is 0.536. The number of ether oxygens (including phenoxy) is 1. The van der Waals surface area contributed by atoms with Crippen molar-refractivity contribution in [2.75, 3.05) is 33.3 Å². The lowest BCUT2D eigenvalue weighted by molar-refractivity contribution is -0.133. The number of piperazine rings is 1. The van der Waals surface area contributed by atoms with Crippen molar-refractivity contribution in [1.82, 2.24) is 19.8 Å². The third-order valence-electron chi connectivity index (χ3n) is 6.02. The lowest BCUT2D eigenvalue weighted by Crippen LogP contribution is -2.48. The van der Waals surface area contributed by atoms with Crippen LogP contribution in [0.1, 0.15) is 39.5 Å². The Hall–Kier alpha value is -3.04. The number of esters is 1. The van der Waals surface area contributed by atoms with Crippen molar-refractivity contribution in [2.24, 2.45) is 0 Å². The number of benzene rings is 1. The largest absolute Gasteiger partial charge is 0.465 e. The molecule has 33 heavy (non-hydrogen) atoms. The van der Waals surface area contributed by atoms with Crippen LogP contribution in [0.15, 0.2) is 35.1 Å². The Labute approximate surface area is 196 Å². The van der Waals surface area contributed by atoms with Crippen molar-refractivity contribution in [2.45, 2.75) is 32.7 Å². The van der Waals surface area contributed by atoms with E-state index in [1.807, 2.05) is 23.1 Å². The summed E-state index contributed by atoms with van der Waals surface area (Å²) in [5.41, 5.74) is 1.61. The molecule has 2 aromatic heterocycles. The predicted octanol–water partition coefficient (Wildman–Crippen LogP) is 2.75. The molecule has 1 aromatic carbocycles. The molecule has 3 aromatic rings. The van der Waals surface area contributed by atoms with Gasteiger partial charge in [-0.25, -0.2) is 9.78 Å². The zero-order valence-electron chi connectivity index (χ0n) is 18.9. The molecule has 1 N–H and O–H groups in total. The van der Waals surface area contributed by atoms with E-state index in [0.29, 0.717) is 52.5 Å². The van der Waals surface area contributed by atoms with Crippen molar-refractivity contribution in [3.8, 4) is 0 Å². The first kappa shape index (κ1) is 23.1. The van der Waals surface area contributed by atoms with E-state index in [9.17, 15) is 14.4 Å². The summed E-state index contributed by atoms with van der Waals surface area (Å²) in [4.78, 5) is 49.6. The Balaban J connectivity index is 1.31. The van der Waals surface area contributed by atoms with E-state index in [4.69, 9.17) is 4.74 Å². The van der Waals surface area contributed by atoms with Crippen LogP contribution in [-0.2, 0) is 22.5 Å². The molecule has 0 aliphatic carbocycles. The molecule has 3 heterocycles. The molecule has 1 saturated heterocycles. The van der Waals surface area contributed by atoms with E-state index < -0.39 is 5.97 Å². The summed E-state index contributed by atoms with van der Waals surface area (Å²) in [6.07, 6.45) is 2.32. The van der Waals surface area contributed by atoms with Gasteiger partial charge in [0.2, 0.25) is 5.91 Å². The molecule has 0 atom stereocenters. The fourth-order valence-electron chi connectivity index (χ4n) is 4.16. The average molecular weight is 469 g/mol. The molecular formula is C24H28N4O4S. The number of amides is 1. The molecule has 8 nitrogen and oxygen atoms in total. The van der Waals surface area contributed by atoms with Gasteiger partial charge in [0.15, 0.2) is 0 Å². The van der Waals surface area contributed by atoms with Crippen LogP contribution in [0, 0.1) is 6.92 Å². The third kappa shape index (κ3) is 5.31. The Morgan fingerprint density at radius 2 is 1.88 bits per heavy atom. The van der Waals surface area contributed by atoms with E-state index in [0.717, 1.165) is 25.9 Å². The average Bonchev–Trinajstić information content (AvgIpc) is 3.16. The van der Waals surface area contributed by atoms with Gasteiger partial charge in [-0.1, -0.05) is 30.3 Å². The highest BCUT2D eigenvalue weighted by molar-refractivity contribution is 7.20. The van der Waals surface area contributed by atoms with E-state index in [2.05, 4.69) is 27.0 Å². The Bertz CT molecular complexity index is 1200. The molecular weight excluding hydrogens is 440 g/mol. The maximum absolute atomic E-state index is 12.6. The van der Waals surface area contributed by atoms with Crippen molar-refractivity contribution >= 4 is 33.4 Å². The Morgan fingerprint density at radius 1 is 1.15 bits per heavy atom. The first-order valence-electron chi connectivity index (χ1n) is 11.1. The number of aryl methyl sites for hydroxylation is 2. The molecule has 4 rings (SSSR count). The molecule has 1 fully saturated rings. The van der Waals surface area contributed by atoms with Gasteiger partial charge < -0.3 is 14.6 Å². The first-order valence-corrected chi connectivity index (χ1v) is 11.9. The monoisotopic (exact) mass is 468 g/mol. The minimum absolute atomic E-state index is 0.197. The van der Waals surface area contributed by atoms with Gasteiger partial charge in [-0.3, -0.25) is 14.5 Å². The van der Waals surface area contributed by atoms with Crippen LogP contribution in [-0.4, -0.2) is 64.9 Å². The second kappa shape index (κ2) is 10.3. The molecule has 0 spiro atoms. The molecule has 0 radical (unpaired) electrons. The topological polar surface area (TPSA) is 95.6 Å². The molecule has 1 amide bonds. The molecule has 9 heteroatoms. The number of carbonyl (C=O) groups excluding carboxylic acids is 2. The lowest BCUT2D eigenvalue weighted by atomic mass is 10.1. The van der Waals surface area contributed by atoms with Gasteiger partial charge in [0.05, 0.1) is 19.0 Å². The molecule has 1 aliphatic heterocycles. The number of fused-ring (bicyclic) bond motifs is 1. The van der Waals surface area contributed by atoms with Crippen molar-refractivity contribution in [3.63, 3.8) is 0 Å². The number of H-pyrrole nitrogens is 1. The number of hydrogen-bond acceptors (Lipinski definition) is 7. The van der Waals surface area contributed by atoms with Gasteiger partial charge in [-0.2, -0.15) is 0 Å². The molecule has 0 unspecified atom stereocenters. The van der Waals surface area contributed by atoms with Gasteiger partial charge in [0.1, 0.15) is 15.5 Å². The highest BCUT2D eigenvalue weighted by Crippen LogP contribution is 2.27. The summed E-state index contributed by atoms with van der Waals surface area (Å²) in [7, 11) is 1.32. The number of aromatic amines is 1. The van der Waals surface area contributed by atoms with E-state index in [1.165, 1.54) is 24.0 Å². The highest BCUT2D eigenvalue weighted by Gasteiger charge is 2.23. The smallest absolute Gasteiger partial charge is 0.348 e. The van der Waals surface area contributed by atoms with Gasteiger partial charge in [0.25, 0.3) is 5.56 Å². The predicted molar refractivity (Wildman–Crippen MR) is 128 cm³/mol. The fraction of sp³-hybridized carbons (Fsp3) is 0.417. The van der Waals surface area contributed by atoms with Crippen LogP contribution >= 0.6 is 11.3 Å². The second-order valence-corrected chi connectivity index (χ2v) is 9.24. The van der Waals surface area contributed by atoms with Crippen LogP contribution < -0.4 is 5.56 Å². The third-order valence-corrected chi connectivity index (χ3v) is 7.18. The number of thiophene rings is 1. The lowest BCUT2D eigenvalue weighted by Gasteiger charge is -2.34. The maximum atomic E-state index is 12.6. The van der Waals surface area contributed by atoms with Crippen LogP contribution in [0.25, 0.3) is 10.2 Å². The summed E-state index contributed by atoms with van der Waals surface area (Å²) in [5.74, 6) is 0.303. The first-order chi connectivity index (χ1) is 16.0. The highest BCUT2D eigenvalue weighted by atomic mass is 32.1. The van der Waals surface area contributed by atoms with Crippen molar-refractivity contribution in [1.29, 1.82) is 0 Å². The molecule has 0 bridgehead atoms. The summed E-state index contributed by atoms with van der Waals surface area (Å²) >= 11 is 1.18. The number of aromatic nitrogens is 2. The summed E-state index contributed by atoms with van der Waals surface area (Å²) < 4.78 is 4.81. The zero-order chi connectivity index (χ0) is 23.4. The maximum Gasteiger partial charge on any atom is 0.348 e. The van der Waals surface area contributed by atoms with E-state index in [1.54, 1.807) is 6.92 Å². The van der Waals surface area contributed by atoms with Crippen LogP contribution in [0.4, 0.5) is 0 Å². The van der Waals surface area contributed by atoms with Crippen molar-refractivity contribution in [3.05, 3.63) is 62.5 Å². The summed E-state index contributed by atoms with van der Waals surface area (Å²) in [5, 5.41) is 0.440. The zero-order valence-corrected chi connectivity index (χ0v) is 19.7. The minimum Gasteiger partial charge on any atom is -0.465 e. The van der Waals surface area contributed by atoms with Crippen molar-refractivity contribution < 1.29 is 14.3 Å². The van der Waals surface area contributed by atoms with Crippen LogP contribution in [0.3, 0.4) is 0 Å². The Kier molecular flexibility index (Phi) is 7.20. The SMILES string of the molecule is COC(=O)c1sc2nc(CN3CCN(C(=O)CCCc4ccccc4)CC3)[nH]c(=O)c2c1C. The van der Waals surface area contributed by atoms with E-state index >= 15 is 0 Å². The normalized spacial score (nSPS) is 14.5. The molecule has 0 saturated carbocycles. The number of nitrogens with one attached hydrogen (secondary N) is 1. The van der Waals surface area contributed by atoms with Gasteiger partial charge in [-0.15, -0.1) is 11.3 Å². The van der Waals surface area contributed by atoms with Gasteiger partial charge in [-0.05, 0) is 30.9 Å². The van der Waals surface area contributed by atoms with Crippen LogP contribution in [0.2, 0.25) is 0 Å². The van der Waals surface area contributed by atoms with Gasteiger partial charge in [0, 0.05) is 32.6 Å². The van der Waals surface area contributed by atoms with Gasteiger partial charge >= 0.3 is 5.97 Å². The number of carbonyl (C=O) groups is 2. The second-order valence-electron chi connectivity index (χ2n) is 8.24. The van der Waals surface area contributed by atoms with E-state index in [-0.39, 0.29) is 11.5 Å². The number of methoxy groups -OCH3 is 1. The summed E-state index contributed by atoms with van der Waals surface area (Å²) in [6, 6.07) is 10.2. The van der Waals surface area contributed by atoms with Crippen LogP contribution in [0.5, 0.6) is 0 Å². The standard InChI is InChI=1S/C24H28N4O4S/c1-16-20-22(30)25-18(26-23(20)33-21(16)24(31)32-2)15-27-11-13-28(14-12-27)19(29)10-6-9-17-7-4-3-5-8-17/h3-5,7-8H,6,9-15H2,1-2H3,(H,25,26,30). The number of rotatable bonds is 7. The molecule has 174 valence electrons. The number of hydrogen-bond donors (Lipinski definition) is 1. The Morgan fingerprint density at radius 3 is 2.58 bits per heavy atom. The summed E-state index contributed by atoms with van der Waals surface area (Å²) in [6.45, 7) is 5.01.